The first-order chi connectivity index (χ1) is 8.16. The van der Waals surface area contributed by atoms with E-state index in [1.807, 2.05) is 31.2 Å². The zero-order chi connectivity index (χ0) is 12.3. The minimum absolute atomic E-state index is 0.0728. The van der Waals surface area contributed by atoms with E-state index in [9.17, 15) is 9.90 Å². The molecule has 0 radical (unpaired) electrons. The van der Waals surface area contributed by atoms with Crippen LogP contribution < -0.4 is 5.11 Å². The molecule has 0 fully saturated rings. The molecule has 3 heteroatoms. The van der Waals surface area contributed by atoms with Crippen molar-refractivity contribution in [3.8, 4) is 0 Å². The highest BCUT2D eigenvalue weighted by molar-refractivity contribution is 5.66. The van der Waals surface area contributed by atoms with Gasteiger partial charge in [-0.25, -0.2) is 0 Å². The quantitative estimate of drug-likeness (QED) is 0.804. The highest BCUT2D eigenvalue weighted by Crippen LogP contribution is 2.28. The molecule has 0 amide bonds. The van der Waals surface area contributed by atoms with Crippen LogP contribution in [0.25, 0.3) is 0 Å². The summed E-state index contributed by atoms with van der Waals surface area (Å²) in [5.41, 5.74) is 2.06. The fraction of sp³-hybridized carbons (Fsp3) is 0.214. The minimum atomic E-state index is -1.08. The number of furan rings is 1. The number of benzene rings is 1. The lowest BCUT2D eigenvalue weighted by Gasteiger charge is -2.15. The van der Waals surface area contributed by atoms with Crippen LogP contribution in [0.4, 0.5) is 0 Å². The first kappa shape index (κ1) is 11.5. The van der Waals surface area contributed by atoms with Crippen LogP contribution >= 0.6 is 0 Å². The number of carbonyl (C=O) groups is 1. The average molecular weight is 229 g/mol. The molecule has 2 rings (SSSR count). The summed E-state index contributed by atoms with van der Waals surface area (Å²) < 4.78 is 5.29. The maximum atomic E-state index is 10.8. The Morgan fingerprint density at radius 3 is 2.53 bits per heavy atom. The van der Waals surface area contributed by atoms with E-state index in [-0.39, 0.29) is 12.3 Å². The highest BCUT2D eigenvalue weighted by atomic mass is 16.4. The average Bonchev–Trinajstić information content (AvgIpc) is 2.80. The van der Waals surface area contributed by atoms with Gasteiger partial charge in [0.05, 0.1) is 6.26 Å². The topological polar surface area (TPSA) is 53.3 Å². The molecule has 1 aromatic heterocycles. The van der Waals surface area contributed by atoms with Gasteiger partial charge >= 0.3 is 0 Å². The molecule has 1 aromatic carbocycles. The van der Waals surface area contributed by atoms with Gasteiger partial charge in [0.1, 0.15) is 5.76 Å². The monoisotopic (exact) mass is 229 g/mol. The fourth-order valence-corrected chi connectivity index (χ4v) is 1.84. The molecule has 0 bridgehead atoms. The van der Waals surface area contributed by atoms with Crippen LogP contribution in [-0.2, 0) is 4.79 Å². The molecule has 0 saturated heterocycles. The van der Waals surface area contributed by atoms with Crippen LogP contribution in [0.3, 0.4) is 0 Å². The third-order valence-corrected chi connectivity index (χ3v) is 2.74. The van der Waals surface area contributed by atoms with Gasteiger partial charge in [-0.3, -0.25) is 0 Å². The van der Waals surface area contributed by atoms with Gasteiger partial charge in [0, 0.05) is 18.3 Å². The lowest BCUT2D eigenvalue weighted by atomic mass is 9.93. The Labute approximate surface area is 99.7 Å². The van der Waals surface area contributed by atoms with Gasteiger partial charge in [0.2, 0.25) is 0 Å². The van der Waals surface area contributed by atoms with Crippen LogP contribution in [0.2, 0.25) is 0 Å². The summed E-state index contributed by atoms with van der Waals surface area (Å²) in [7, 11) is 0. The second kappa shape index (κ2) is 4.87. The molecule has 0 spiro atoms. The minimum Gasteiger partial charge on any atom is -0.550 e. The van der Waals surface area contributed by atoms with E-state index in [1.54, 1.807) is 18.4 Å². The third-order valence-electron chi connectivity index (χ3n) is 2.74. The molecule has 0 aliphatic heterocycles. The van der Waals surface area contributed by atoms with Gasteiger partial charge in [0.25, 0.3) is 0 Å². The number of carboxylic acids is 1. The van der Waals surface area contributed by atoms with Crippen molar-refractivity contribution in [2.75, 3.05) is 0 Å². The largest absolute Gasteiger partial charge is 0.550 e. The van der Waals surface area contributed by atoms with Crippen LogP contribution in [0.15, 0.2) is 47.1 Å². The van der Waals surface area contributed by atoms with E-state index in [1.165, 1.54) is 0 Å². The first-order valence-corrected chi connectivity index (χ1v) is 5.46. The number of carbonyl (C=O) groups excluding carboxylic acids is 1. The van der Waals surface area contributed by atoms with Crippen molar-refractivity contribution < 1.29 is 14.3 Å². The number of aryl methyl sites for hydroxylation is 1. The molecule has 88 valence electrons. The Balaban J connectivity index is 2.33. The van der Waals surface area contributed by atoms with Gasteiger partial charge in [-0.05, 0) is 24.6 Å². The Hall–Kier alpha value is -2.03. The van der Waals surface area contributed by atoms with Gasteiger partial charge in [-0.1, -0.05) is 29.8 Å². The van der Waals surface area contributed by atoms with Gasteiger partial charge in [0.15, 0.2) is 0 Å². The number of carboxylic acid groups (broad SMARTS) is 1. The number of hydrogen-bond donors (Lipinski definition) is 0. The summed E-state index contributed by atoms with van der Waals surface area (Å²) in [6.45, 7) is 1.99. The summed E-state index contributed by atoms with van der Waals surface area (Å²) in [4.78, 5) is 10.8. The van der Waals surface area contributed by atoms with Crippen LogP contribution in [0, 0.1) is 6.92 Å². The van der Waals surface area contributed by atoms with E-state index in [4.69, 9.17) is 4.42 Å². The van der Waals surface area contributed by atoms with Crippen molar-refractivity contribution >= 4 is 5.97 Å². The van der Waals surface area contributed by atoms with Crippen molar-refractivity contribution in [1.29, 1.82) is 0 Å². The van der Waals surface area contributed by atoms with Crippen LogP contribution in [0.1, 0.15) is 29.2 Å². The van der Waals surface area contributed by atoms with E-state index < -0.39 is 5.97 Å². The molecule has 0 aliphatic carbocycles. The van der Waals surface area contributed by atoms with E-state index >= 15 is 0 Å². The van der Waals surface area contributed by atoms with Crippen LogP contribution in [0.5, 0.6) is 0 Å². The van der Waals surface area contributed by atoms with Crippen LogP contribution in [-0.4, -0.2) is 5.97 Å². The van der Waals surface area contributed by atoms with Gasteiger partial charge in [-0.2, -0.15) is 0 Å². The molecule has 0 unspecified atom stereocenters. The Morgan fingerprint density at radius 2 is 2.00 bits per heavy atom. The van der Waals surface area contributed by atoms with Gasteiger partial charge < -0.3 is 14.3 Å². The second-order valence-electron chi connectivity index (χ2n) is 4.05. The molecule has 1 atom stereocenters. The van der Waals surface area contributed by atoms with E-state index in [0.29, 0.717) is 5.76 Å². The predicted molar refractivity (Wildman–Crippen MR) is 61.4 cm³/mol. The number of aliphatic carboxylic acids is 1. The summed E-state index contributed by atoms with van der Waals surface area (Å²) in [5.74, 6) is -0.708. The SMILES string of the molecule is Cc1ccc([C@@H](CC(=O)[O-])c2ccco2)cc1. The lowest BCUT2D eigenvalue weighted by molar-refractivity contribution is -0.306. The summed E-state index contributed by atoms with van der Waals surface area (Å²) >= 11 is 0. The molecular weight excluding hydrogens is 216 g/mol. The Morgan fingerprint density at radius 1 is 1.29 bits per heavy atom. The summed E-state index contributed by atoms with van der Waals surface area (Å²) in [5, 5.41) is 10.8. The zero-order valence-electron chi connectivity index (χ0n) is 9.55. The fourth-order valence-electron chi connectivity index (χ4n) is 1.84. The van der Waals surface area contributed by atoms with Crippen molar-refractivity contribution in [3.63, 3.8) is 0 Å². The Bertz CT molecular complexity index is 483. The maximum Gasteiger partial charge on any atom is 0.111 e. The molecule has 2 aromatic rings. The molecule has 1 heterocycles. The standard InChI is InChI=1S/C14H14O3/c1-10-4-6-11(7-5-10)12(9-14(15)16)13-3-2-8-17-13/h2-8,12H,9H2,1H3,(H,15,16)/p-1/t12-/m1/s1. The van der Waals surface area contributed by atoms with E-state index in [0.717, 1.165) is 11.1 Å². The molecule has 0 N–H and O–H groups in total. The maximum absolute atomic E-state index is 10.8. The Kier molecular flexibility index (Phi) is 3.28. The number of hydrogen-bond acceptors (Lipinski definition) is 3. The molecule has 17 heavy (non-hydrogen) atoms. The van der Waals surface area contributed by atoms with E-state index in [2.05, 4.69) is 0 Å². The number of rotatable bonds is 4. The summed E-state index contributed by atoms with van der Waals surface area (Å²) in [6.07, 6.45) is 1.47. The molecule has 0 aliphatic rings. The molecule has 3 nitrogen and oxygen atoms in total. The lowest BCUT2D eigenvalue weighted by Crippen LogP contribution is -2.24. The van der Waals surface area contributed by atoms with Crippen molar-refractivity contribution in [2.45, 2.75) is 19.3 Å². The van der Waals surface area contributed by atoms with Crippen molar-refractivity contribution in [3.05, 3.63) is 59.5 Å². The zero-order valence-corrected chi connectivity index (χ0v) is 9.55. The smallest absolute Gasteiger partial charge is 0.111 e. The van der Waals surface area contributed by atoms with Crippen molar-refractivity contribution in [1.82, 2.24) is 0 Å². The molecular formula is C14H13O3-. The first-order valence-electron chi connectivity index (χ1n) is 5.46. The predicted octanol–water partition coefficient (Wildman–Crippen LogP) is 1.86. The van der Waals surface area contributed by atoms with Gasteiger partial charge in [-0.15, -0.1) is 0 Å². The summed E-state index contributed by atoms with van der Waals surface area (Å²) in [6, 6.07) is 11.3. The highest BCUT2D eigenvalue weighted by Gasteiger charge is 2.16. The molecule has 0 saturated carbocycles. The second-order valence-corrected chi connectivity index (χ2v) is 4.05. The van der Waals surface area contributed by atoms with Crippen molar-refractivity contribution in [2.24, 2.45) is 0 Å². The normalized spacial score (nSPS) is 12.3. The third kappa shape index (κ3) is 2.75.